The number of hydrogen-bond donors (Lipinski definition) is 0. The maximum absolute atomic E-state index is 12.8. The van der Waals surface area contributed by atoms with Gasteiger partial charge in [-0.1, -0.05) is 18.7 Å². The third-order valence-electron chi connectivity index (χ3n) is 1.35. The molecule has 1 nitrogen and oxygen atoms in total. The Hall–Kier alpha value is -1.62. The highest BCUT2D eigenvalue weighted by Gasteiger charge is 1.98. The second kappa shape index (κ2) is 2.98. The Morgan fingerprint density at radius 2 is 2.27 bits per heavy atom. The average molecular weight is 147 g/mol. The number of nitrogens with zero attached hydrogens (tertiary/aromatic N) is 1. The Kier molecular flexibility index (Phi) is 2.03. The lowest BCUT2D eigenvalue weighted by Gasteiger charge is -1.94. The average Bonchev–Trinajstić information content (AvgIpc) is 2.04. The Morgan fingerprint density at radius 1 is 1.55 bits per heavy atom. The predicted molar refractivity (Wildman–Crippen MR) is 41.2 cm³/mol. The first-order valence-corrected chi connectivity index (χ1v) is 3.10. The van der Waals surface area contributed by atoms with Gasteiger partial charge in [0.15, 0.2) is 0 Å². The van der Waals surface area contributed by atoms with Gasteiger partial charge in [-0.05, 0) is 12.1 Å². The molecule has 0 amide bonds. The molecule has 0 atom stereocenters. The molecule has 0 aliphatic carbocycles. The van der Waals surface area contributed by atoms with E-state index in [0.29, 0.717) is 11.1 Å². The number of benzene rings is 1. The SMILES string of the molecule is C=Cc1ccc(C#N)cc1F. The maximum atomic E-state index is 12.8. The van der Waals surface area contributed by atoms with Gasteiger partial charge in [0.1, 0.15) is 5.82 Å². The highest BCUT2D eigenvalue weighted by molar-refractivity contribution is 5.49. The van der Waals surface area contributed by atoms with Crippen LogP contribution in [0, 0.1) is 17.1 Å². The van der Waals surface area contributed by atoms with Gasteiger partial charge in [0, 0.05) is 5.56 Å². The van der Waals surface area contributed by atoms with Gasteiger partial charge in [-0.15, -0.1) is 0 Å². The summed E-state index contributed by atoms with van der Waals surface area (Å²) in [6.07, 6.45) is 1.41. The Morgan fingerprint density at radius 3 is 2.73 bits per heavy atom. The topological polar surface area (TPSA) is 23.8 Å². The van der Waals surface area contributed by atoms with Crippen LogP contribution in [0.2, 0.25) is 0 Å². The van der Waals surface area contributed by atoms with Crippen molar-refractivity contribution in [3.63, 3.8) is 0 Å². The molecule has 0 saturated carbocycles. The van der Waals surface area contributed by atoms with Gasteiger partial charge < -0.3 is 0 Å². The van der Waals surface area contributed by atoms with Crippen molar-refractivity contribution >= 4 is 6.08 Å². The minimum Gasteiger partial charge on any atom is -0.206 e. The van der Waals surface area contributed by atoms with Gasteiger partial charge >= 0.3 is 0 Å². The molecule has 0 aliphatic heterocycles. The van der Waals surface area contributed by atoms with Crippen molar-refractivity contribution in [1.29, 1.82) is 5.26 Å². The fourth-order valence-electron chi connectivity index (χ4n) is 0.762. The molecule has 0 heterocycles. The van der Waals surface area contributed by atoms with E-state index in [-0.39, 0.29) is 0 Å². The van der Waals surface area contributed by atoms with E-state index in [2.05, 4.69) is 6.58 Å². The van der Waals surface area contributed by atoms with E-state index in [1.54, 1.807) is 6.07 Å². The van der Waals surface area contributed by atoms with E-state index in [0.717, 1.165) is 0 Å². The monoisotopic (exact) mass is 147 g/mol. The Bertz CT molecular complexity index is 323. The molecule has 0 unspecified atom stereocenters. The standard InChI is InChI=1S/C9H6FN/c1-2-8-4-3-7(6-11)5-9(8)10/h2-5H,1H2. The molecular weight excluding hydrogens is 141 g/mol. The van der Waals surface area contributed by atoms with Crippen LogP contribution in [0.1, 0.15) is 11.1 Å². The summed E-state index contributed by atoms with van der Waals surface area (Å²) in [5.41, 5.74) is 0.747. The summed E-state index contributed by atoms with van der Waals surface area (Å²) >= 11 is 0. The summed E-state index contributed by atoms with van der Waals surface area (Å²) in [5.74, 6) is -0.404. The number of nitriles is 1. The third-order valence-corrected chi connectivity index (χ3v) is 1.35. The quantitative estimate of drug-likeness (QED) is 0.598. The van der Waals surface area contributed by atoms with Crippen LogP contribution in [0.4, 0.5) is 4.39 Å². The van der Waals surface area contributed by atoms with E-state index in [4.69, 9.17) is 5.26 Å². The van der Waals surface area contributed by atoms with Crippen LogP contribution < -0.4 is 0 Å². The molecule has 0 fully saturated rings. The van der Waals surface area contributed by atoms with Gasteiger partial charge in [-0.2, -0.15) is 5.26 Å². The normalized spacial score (nSPS) is 8.73. The van der Waals surface area contributed by atoms with Crippen LogP contribution in [0.3, 0.4) is 0 Å². The van der Waals surface area contributed by atoms with E-state index in [1.165, 1.54) is 18.2 Å². The molecule has 1 aromatic rings. The van der Waals surface area contributed by atoms with Crippen LogP contribution in [-0.4, -0.2) is 0 Å². The summed E-state index contributed by atoms with van der Waals surface area (Å²) < 4.78 is 12.8. The van der Waals surface area contributed by atoms with Gasteiger partial charge in [0.05, 0.1) is 11.6 Å². The van der Waals surface area contributed by atoms with Crippen molar-refractivity contribution in [3.05, 3.63) is 41.7 Å². The minimum atomic E-state index is -0.404. The molecule has 11 heavy (non-hydrogen) atoms. The summed E-state index contributed by atoms with van der Waals surface area (Å²) in [7, 11) is 0. The van der Waals surface area contributed by atoms with Crippen LogP contribution in [0.25, 0.3) is 6.08 Å². The zero-order valence-electron chi connectivity index (χ0n) is 5.84. The molecule has 0 N–H and O–H groups in total. The van der Waals surface area contributed by atoms with Gasteiger partial charge in [0.25, 0.3) is 0 Å². The lowest BCUT2D eigenvalue weighted by atomic mass is 10.1. The van der Waals surface area contributed by atoms with E-state index < -0.39 is 5.82 Å². The molecule has 0 saturated heterocycles. The Labute approximate surface area is 64.4 Å². The van der Waals surface area contributed by atoms with Gasteiger partial charge in [0.2, 0.25) is 0 Å². The first kappa shape index (κ1) is 7.49. The van der Waals surface area contributed by atoms with Crippen molar-refractivity contribution in [2.75, 3.05) is 0 Å². The third kappa shape index (κ3) is 1.44. The van der Waals surface area contributed by atoms with Crippen LogP contribution in [0.5, 0.6) is 0 Å². The van der Waals surface area contributed by atoms with Crippen molar-refractivity contribution in [2.24, 2.45) is 0 Å². The highest BCUT2D eigenvalue weighted by Crippen LogP contribution is 2.10. The van der Waals surface area contributed by atoms with Crippen molar-refractivity contribution in [2.45, 2.75) is 0 Å². The number of hydrogen-bond acceptors (Lipinski definition) is 1. The molecule has 0 aliphatic rings. The summed E-state index contributed by atoms with van der Waals surface area (Å²) in [6, 6.07) is 6.12. The molecule has 0 radical (unpaired) electrons. The molecule has 2 heteroatoms. The summed E-state index contributed by atoms with van der Waals surface area (Å²) in [5, 5.41) is 8.38. The zero-order chi connectivity index (χ0) is 8.27. The molecule has 1 aromatic carbocycles. The summed E-state index contributed by atoms with van der Waals surface area (Å²) in [4.78, 5) is 0. The van der Waals surface area contributed by atoms with Crippen LogP contribution in [-0.2, 0) is 0 Å². The van der Waals surface area contributed by atoms with Crippen LogP contribution >= 0.6 is 0 Å². The van der Waals surface area contributed by atoms with E-state index in [1.807, 2.05) is 6.07 Å². The minimum absolute atomic E-state index is 0.327. The zero-order valence-corrected chi connectivity index (χ0v) is 5.84. The molecular formula is C9H6FN. The molecule has 0 spiro atoms. The van der Waals surface area contributed by atoms with Crippen molar-refractivity contribution < 1.29 is 4.39 Å². The lowest BCUT2D eigenvalue weighted by Crippen LogP contribution is -1.82. The van der Waals surface area contributed by atoms with Crippen molar-refractivity contribution in [3.8, 4) is 6.07 Å². The number of halogens is 1. The second-order valence-corrected chi connectivity index (χ2v) is 2.05. The van der Waals surface area contributed by atoms with E-state index in [9.17, 15) is 4.39 Å². The van der Waals surface area contributed by atoms with Crippen LogP contribution in [0.15, 0.2) is 24.8 Å². The second-order valence-electron chi connectivity index (χ2n) is 2.05. The molecule has 0 bridgehead atoms. The molecule has 54 valence electrons. The Balaban J connectivity index is 3.22. The maximum Gasteiger partial charge on any atom is 0.131 e. The van der Waals surface area contributed by atoms with Gasteiger partial charge in [-0.25, -0.2) is 4.39 Å². The first-order chi connectivity index (χ1) is 5.27. The number of rotatable bonds is 1. The molecule has 0 aromatic heterocycles. The van der Waals surface area contributed by atoms with Gasteiger partial charge in [-0.3, -0.25) is 0 Å². The lowest BCUT2D eigenvalue weighted by molar-refractivity contribution is 0.624. The largest absolute Gasteiger partial charge is 0.206 e. The predicted octanol–water partition coefficient (Wildman–Crippen LogP) is 2.34. The molecule has 1 rings (SSSR count). The van der Waals surface area contributed by atoms with Crippen molar-refractivity contribution in [1.82, 2.24) is 0 Å². The summed E-state index contributed by atoms with van der Waals surface area (Å²) in [6.45, 7) is 3.42. The smallest absolute Gasteiger partial charge is 0.131 e. The fourth-order valence-corrected chi connectivity index (χ4v) is 0.762. The fraction of sp³-hybridized carbons (Fsp3) is 0. The van der Waals surface area contributed by atoms with E-state index >= 15 is 0 Å². The first-order valence-electron chi connectivity index (χ1n) is 3.10. The highest BCUT2D eigenvalue weighted by atomic mass is 19.1.